The van der Waals surface area contributed by atoms with E-state index < -0.39 is 22.5 Å². The minimum Gasteiger partial charge on any atom is -0.480 e. The number of aliphatic carboxylic acids is 1. The van der Waals surface area contributed by atoms with E-state index in [2.05, 4.69) is 5.92 Å². The van der Waals surface area contributed by atoms with E-state index in [4.69, 9.17) is 11.5 Å². The molecule has 0 radical (unpaired) electrons. The third-order valence-electron chi connectivity index (χ3n) is 2.55. The molecule has 0 spiro atoms. The van der Waals surface area contributed by atoms with Crippen LogP contribution in [0, 0.1) is 12.3 Å². The van der Waals surface area contributed by atoms with Crippen LogP contribution in [0.15, 0.2) is 29.2 Å². The van der Waals surface area contributed by atoms with E-state index in [9.17, 15) is 13.2 Å². The molecule has 0 atom stereocenters. The minimum atomic E-state index is -3.87. The molecule has 0 amide bonds. The molecule has 1 rings (SSSR count). The zero-order valence-electron chi connectivity index (χ0n) is 10.5. The quantitative estimate of drug-likeness (QED) is 0.788. The fraction of sp³-hybridized carbons (Fsp3) is 0.308. The van der Waals surface area contributed by atoms with Crippen LogP contribution < -0.4 is 0 Å². The average molecular weight is 281 g/mol. The molecule has 0 aromatic heterocycles. The van der Waals surface area contributed by atoms with Gasteiger partial charge in [-0.15, -0.1) is 6.42 Å². The summed E-state index contributed by atoms with van der Waals surface area (Å²) < 4.78 is 25.2. The number of rotatable bonds is 6. The molecule has 0 fully saturated rings. The number of benzene rings is 1. The lowest BCUT2D eigenvalue weighted by Gasteiger charge is -2.17. The van der Waals surface area contributed by atoms with Crippen molar-refractivity contribution < 1.29 is 18.3 Å². The first-order chi connectivity index (χ1) is 8.91. The maximum atomic E-state index is 12.2. The molecule has 0 saturated heterocycles. The molecule has 0 bridgehead atoms. The predicted molar refractivity (Wildman–Crippen MR) is 71.0 cm³/mol. The zero-order valence-corrected chi connectivity index (χ0v) is 11.4. The van der Waals surface area contributed by atoms with Gasteiger partial charge in [-0.1, -0.05) is 25.0 Å². The number of terminal acetylenes is 1. The lowest BCUT2D eigenvalue weighted by Crippen LogP contribution is -2.35. The van der Waals surface area contributed by atoms with Crippen LogP contribution in [0.5, 0.6) is 0 Å². The van der Waals surface area contributed by atoms with Crippen LogP contribution >= 0.6 is 0 Å². The van der Waals surface area contributed by atoms with Gasteiger partial charge in [0.25, 0.3) is 0 Å². The van der Waals surface area contributed by atoms with Crippen LogP contribution in [0.4, 0.5) is 0 Å². The van der Waals surface area contributed by atoms with E-state index >= 15 is 0 Å². The van der Waals surface area contributed by atoms with Crippen molar-refractivity contribution >= 4 is 16.0 Å². The van der Waals surface area contributed by atoms with Gasteiger partial charge in [0, 0.05) is 0 Å². The van der Waals surface area contributed by atoms with Gasteiger partial charge >= 0.3 is 5.97 Å². The predicted octanol–water partition coefficient (Wildman–Crippen LogP) is 0.957. The highest BCUT2D eigenvalue weighted by Gasteiger charge is 2.25. The Kier molecular flexibility index (Phi) is 5.10. The van der Waals surface area contributed by atoms with E-state index in [1.54, 1.807) is 12.1 Å². The molecule has 0 heterocycles. The van der Waals surface area contributed by atoms with E-state index in [1.165, 1.54) is 12.1 Å². The Morgan fingerprint density at radius 2 is 1.95 bits per heavy atom. The highest BCUT2D eigenvalue weighted by molar-refractivity contribution is 7.89. The molecule has 0 aliphatic rings. The molecule has 6 heteroatoms. The molecule has 0 aliphatic heterocycles. The van der Waals surface area contributed by atoms with Gasteiger partial charge in [0.05, 0.1) is 11.4 Å². The summed E-state index contributed by atoms with van der Waals surface area (Å²) in [5.41, 5.74) is 1.00. The second kappa shape index (κ2) is 6.36. The molecule has 0 aliphatic carbocycles. The standard InChI is InChI=1S/C13H15NO4S/c1-3-9-14(10-13(15)16)19(17,18)12-7-5-11(4-2)6-8-12/h1,5-8H,4,9-10H2,2H3,(H,15,16). The van der Waals surface area contributed by atoms with Crippen molar-refractivity contribution in [1.82, 2.24) is 4.31 Å². The second-order valence-corrected chi connectivity index (χ2v) is 5.81. The Morgan fingerprint density at radius 3 is 2.37 bits per heavy atom. The highest BCUT2D eigenvalue weighted by atomic mass is 32.2. The molecule has 1 aromatic rings. The number of hydrogen-bond acceptors (Lipinski definition) is 3. The Labute approximate surface area is 112 Å². The molecule has 19 heavy (non-hydrogen) atoms. The largest absolute Gasteiger partial charge is 0.480 e. The smallest absolute Gasteiger partial charge is 0.318 e. The number of aryl methyl sites for hydroxylation is 1. The van der Waals surface area contributed by atoms with Crippen molar-refractivity contribution in [3.05, 3.63) is 29.8 Å². The Hall–Kier alpha value is -1.84. The summed E-state index contributed by atoms with van der Waals surface area (Å²) in [6, 6.07) is 6.31. The van der Waals surface area contributed by atoms with Gasteiger partial charge in [0.15, 0.2) is 0 Å². The number of sulfonamides is 1. The van der Waals surface area contributed by atoms with Crippen LogP contribution in [-0.2, 0) is 21.2 Å². The number of nitrogens with zero attached hydrogens (tertiary/aromatic N) is 1. The van der Waals surface area contributed by atoms with Crippen LogP contribution in [0.3, 0.4) is 0 Å². The maximum absolute atomic E-state index is 12.2. The van der Waals surface area contributed by atoms with Crippen LogP contribution in [0.1, 0.15) is 12.5 Å². The molecule has 1 aromatic carbocycles. The summed E-state index contributed by atoms with van der Waals surface area (Å²) >= 11 is 0. The Morgan fingerprint density at radius 1 is 1.37 bits per heavy atom. The second-order valence-electron chi connectivity index (χ2n) is 3.87. The Balaban J connectivity index is 3.11. The number of carbonyl (C=O) groups is 1. The van der Waals surface area contributed by atoms with Crippen LogP contribution in [-0.4, -0.2) is 36.9 Å². The molecule has 0 saturated carbocycles. The lowest BCUT2D eigenvalue weighted by atomic mass is 10.2. The van der Waals surface area contributed by atoms with Crippen molar-refractivity contribution in [2.75, 3.05) is 13.1 Å². The molecule has 102 valence electrons. The van der Waals surface area contributed by atoms with E-state index in [0.29, 0.717) is 0 Å². The van der Waals surface area contributed by atoms with E-state index in [-0.39, 0.29) is 11.4 Å². The van der Waals surface area contributed by atoms with E-state index in [0.717, 1.165) is 16.3 Å². The van der Waals surface area contributed by atoms with Gasteiger partial charge in [0.1, 0.15) is 6.54 Å². The van der Waals surface area contributed by atoms with Gasteiger partial charge in [-0.2, -0.15) is 4.31 Å². The Bertz CT molecular complexity index is 584. The van der Waals surface area contributed by atoms with E-state index in [1.807, 2.05) is 6.92 Å². The molecule has 5 nitrogen and oxygen atoms in total. The van der Waals surface area contributed by atoms with Gasteiger partial charge in [-0.3, -0.25) is 4.79 Å². The first kappa shape index (κ1) is 15.2. The third-order valence-corrected chi connectivity index (χ3v) is 4.35. The summed E-state index contributed by atoms with van der Waals surface area (Å²) in [5, 5.41) is 8.73. The maximum Gasteiger partial charge on any atom is 0.318 e. The summed E-state index contributed by atoms with van der Waals surface area (Å²) in [4.78, 5) is 10.7. The summed E-state index contributed by atoms with van der Waals surface area (Å²) in [6.45, 7) is 1.03. The van der Waals surface area contributed by atoms with Crippen molar-refractivity contribution in [3.8, 4) is 12.3 Å². The van der Waals surface area contributed by atoms with Crippen molar-refractivity contribution in [2.45, 2.75) is 18.2 Å². The zero-order chi connectivity index (χ0) is 14.5. The molecule has 0 unspecified atom stereocenters. The van der Waals surface area contributed by atoms with Crippen LogP contribution in [0.25, 0.3) is 0 Å². The third kappa shape index (κ3) is 3.81. The summed E-state index contributed by atoms with van der Waals surface area (Å²) in [7, 11) is -3.87. The summed E-state index contributed by atoms with van der Waals surface area (Å²) in [5.74, 6) is 0.909. The first-order valence-corrected chi connectivity index (χ1v) is 7.10. The van der Waals surface area contributed by atoms with Crippen LogP contribution in [0.2, 0.25) is 0 Å². The van der Waals surface area contributed by atoms with Gasteiger partial charge in [-0.05, 0) is 24.1 Å². The number of carboxylic acids is 1. The van der Waals surface area contributed by atoms with Crippen molar-refractivity contribution in [2.24, 2.45) is 0 Å². The number of carboxylic acid groups (broad SMARTS) is 1. The minimum absolute atomic E-state index is 0.0428. The lowest BCUT2D eigenvalue weighted by molar-refractivity contribution is -0.137. The summed E-state index contributed by atoms with van der Waals surface area (Å²) in [6.07, 6.45) is 5.87. The monoisotopic (exact) mass is 281 g/mol. The topological polar surface area (TPSA) is 74.7 Å². The van der Waals surface area contributed by atoms with Gasteiger partial charge < -0.3 is 5.11 Å². The van der Waals surface area contributed by atoms with Crippen molar-refractivity contribution in [1.29, 1.82) is 0 Å². The van der Waals surface area contributed by atoms with Gasteiger partial charge in [0.2, 0.25) is 10.0 Å². The number of hydrogen-bond donors (Lipinski definition) is 1. The molecule has 1 N–H and O–H groups in total. The fourth-order valence-electron chi connectivity index (χ4n) is 1.52. The fourth-order valence-corrected chi connectivity index (χ4v) is 2.83. The SMILES string of the molecule is C#CCN(CC(=O)O)S(=O)(=O)c1ccc(CC)cc1. The molecular weight excluding hydrogens is 266 g/mol. The first-order valence-electron chi connectivity index (χ1n) is 5.66. The highest BCUT2D eigenvalue weighted by Crippen LogP contribution is 2.16. The van der Waals surface area contributed by atoms with Gasteiger partial charge in [-0.25, -0.2) is 8.42 Å². The normalized spacial score (nSPS) is 11.2. The molecular formula is C13H15NO4S. The average Bonchev–Trinajstić information content (AvgIpc) is 2.38. The van der Waals surface area contributed by atoms with Crippen molar-refractivity contribution in [3.63, 3.8) is 0 Å².